The third-order valence-corrected chi connectivity index (χ3v) is 5.59. The number of urea groups is 1. The maximum Gasteiger partial charge on any atom is 0.322 e. The number of imide groups is 1. The number of methoxy groups -OCH3 is 1. The number of carbonyl (C=O) groups excluding carboxylic acids is 2. The Bertz CT molecular complexity index is 1340. The van der Waals surface area contributed by atoms with E-state index in [0.29, 0.717) is 22.5 Å². The second-order valence-corrected chi connectivity index (χ2v) is 7.33. The molecule has 9 nitrogen and oxygen atoms in total. The quantitative estimate of drug-likeness (QED) is 0.450. The van der Waals surface area contributed by atoms with Crippen LogP contribution in [0.5, 0.6) is 11.6 Å². The van der Waals surface area contributed by atoms with Gasteiger partial charge in [-0.05, 0) is 30.3 Å². The molecule has 1 unspecified atom stereocenters. The van der Waals surface area contributed by atoms with Crippen molar-refractivity contribution >= 4 is 33.7 Å². The number of aromatic hydroxyl groups is 1. The predicted molar refractivity (Wildman–Crippen MR) is 109 cm³/mol. The van der Waals surface area contributed by atoms with E-state index in [1.807, 2.05) is 30.3 Å². The molecule has 0 radical (unpaired) electrons. The van der Waals surface area contributed by atoms with Crippen LogP contribution in [0.15, 0.2) is 48.7 Å². The molecule has 1 saturated heterocycles. The van der Waals surface area contributed by atoms with Gasteiger partial charge in [-0.15, -0.1) is 0 Å². The van der Waals surface area contributed by atoms with Gasteiger partial charge < -0.3 is 24.3 Å². The van der Waals surface area contributed by atoms with Crippen LogP contribution in [0.2, 0.25) is 0 Å². The molecular formula is C21H19N5O4. The largest absolute Gasteiger partial charge is 0.497 e. The summed E-state index contributed by atoms with van der Waals surface area (Å²) in [5.41, 5.74) is 0.0453. The van der Waals surface area contributed by atoms with Gasteiger partial charge in [0.25, 0.3) is 5.91 Å². The number of ether oxygens (including phenoxy) is 1. The van der Waals surface area contributed by atoms with E-state index in [4.69, 9.17) is 4.74 Å². The van der Waals surface area contributed by atoms with E-state index in [-0.39, 0.29) is 12.4 Å². The number of carbonyl (C=O) groups is 2. The first-order chi connectivity index (χ1) is 14.4. The van der Waals surface area contributed by atoms with Crippen LogP contribution in [-0.2, 0) is 23.9 Å². The van der Waals surface area contributed by atoms with Gasteiger partial charge in [0, 0.05) is 24.0 Å². The Morgan fingerprint density at radius 3 is 2.70 bits per heavy atom. The summed E-state index contributed by atoms with van der Waals surface area (Å²) in [5, 5.41) is 17.2. The summed E-state index contributed by atoms with van der Waals surface area (Å²) in [6.45, 7) is -0.0371. The van der Waals surface area contributed by atoms with E-state index in [1.165, 1.54) is 4.57 Å². The van der Waals surface area contributed by atoms with Crippen LogP contribution in [0.25, 0.3) is 21.8 Å². The fraction of sp³-hybridized carbons (Fsp3) is 0.190. The minimum Gasteiger partial charge on any atom is -0.497 e. The first-order valence-corrected chi connectivity index (χ1v) is 9.34. The Labute approximate surface area is 170 Å². The molecule has 4 aromatic rings. The van der Waals surface area contributed by atoms with Crippen LogP contribution in [0, 0.1) is 0 Å². The lowest BCUT2D eigenvalue weighted by Gasteiger charge is -2.26. The topological polar surface area (TPSA) is 110 Å². The van der Waals surface area contributed by atoms with E-state index in [0.717, 1.165) is 10.9 Å². The molecule has 0 aliphatic carbocycles. The standard InChI is InChI=1S/C21H19N5O4/c1-25-16-6-4-3-5-15(16)22-18(25)21(19(28)23-20(29)24-21)11-26-10-12-7-8-13(30-2)9-14(12)17(26)27/h3-10,27H,11H2,1-2H3,(H2,23,24,28,29). The van der Waals surface area contributed by atoms with Crippen LogP contribution in [0.3, 0.4) is 0 Å². The molecule has 1 aliphatic heterocycles. The maximum atomic E-state index is 13.0. The molecular weight excluding hydrogens is 386 g/mol. The average Bonchev–Trinajstić information content (AvgIpc) is 3.34. The number of nitrogens with zero attached hydrogens (tertiary/aromatic N) is 3. The van der Waals surface area contributed by atoms with Crippen molar-refractivity contribution in [2.24, 2.45) is 7.05 Å². The average molecular weight is 405 g/mol. The molecule has 30 heavy (non-hydrogen) atoms. The minimum absolute atomic E-state index is 0.0315. The Hall–Kier alpha value is -4.01. The fourth-order valence-electron chi connectivity index (χ4n) is 4.09. The van der Waals surface area contributed by atoms with Gasteiger partial charge in [0.1, 0.15) is 11.6 Å². The van der Waals surface area contributed by atoms with Crippen molar-refractivity contribution in [3.8, 4) is 11.6 Å². The molecule has 0 saturated carbocycles. The molecule has 0 bridgehead atoms. The maximum absolute atomic E-state index is 13.0. The third-order valence-electron chi connectivity index (χ3n) is 5.59. The molecule has 9 heteroatoms. The first-order valence-electron chi connectivity index (χ1n) is 9.34. The Morgan fingerprint density at radius 1 is 1.20 bits per heavy atom. The van der Waals surface area contributed by atoms with Crippen molar-refractivity contribution in [2.75, 3.05) is 7.11 Å². The summed E-state index contributed by atoms with van der Waals surface area (Å²) in [5.74, 6) is 0.422. The molecule has 1 atom stereocenters. The monoisotopic (exact) mass is 405 g/mol. The van der Waals surface area contributed by atoms with Crippen LogP contribution in [0.1, 0.15) is 5.82 Å². The van der Waals surface area contributed by atoms with E-state index in [9.17, 15) is 14.7 Å². The highest BCUT2D eigenvalue weighted by atomic mass is 16.5. The molecule has 1 aliphatic rings. The van der Waals surface area contributed by atoms with E-state index in [1.54, 1.807) is 37.1 Å². The molecule has 2 aromatic carbocycles. The number of nitrogens with one attached hydrogen (secondary N) is 2. The van der Waals surface area contributed by atoms with E-state index < -0.39 is 17.5 Å². The van der Waals surface area contributed by atoms with Crippen molar-refractivity contribution in [1.82, 2.24) is 24.8 Å². The van der Waals surface area contributed by atoms with Gasteiger partial charge >= 0.3 is 6.03 Å². The van der Waals surface area contributed by atoms with Gasteiger partial charge in [-0.1, -0.05) is 12.1 Å². The van der Waals surface area contributed by atoms with Gasteiger partial charge in [0.2, 0.25) is 0 Å². The fourth-order valence-corrected chi connectivity index (χ4v) is 4.09. The van der Waals surface area contributed by atoms with Gasteiger partial charge in [0.05, 0.1) is 24.7 Å². The van der Waals surface area contributed by atoms with Crippen LogP contribution >= 0.6 is 0 Å². The number of fused-ring (bicyclic) bond motifs is 2. The van der Waals surface area contributed by atoms with Crippen molar-refractivity contribution in [1.29, 1.82) is 0 Å². The highest BCUT2D eigenvalue weighted by Gasteiger charge is 2.51. The van der Waals surface area contributed by atoms with Crippen molar-refractivity contribution < 1.29 is 19.4 Å². The lowest BCUT2D eigenvalue weighted by Crippen LogP contribution is -2.49. The molecule has 3 amide bonds. The normalized spacial score (nSPS) is 18.7. The molecule has 3 heterocycles. The first kappa shape index (κ1) is 18.0. The minimum atomic E-state index is -1.48. The number of rotatable bonds is 4. The summed E-state index contributed by atoms with van der Waals surface area (Å²) in [6.07, 6.45) is 1.73. The zero-order chi connectivity index (χ0) is 21.0. The lowest BCUT2D eigenvalue weighted by molar-refractivity contribution is -0.125. The van der Waals surface area contributed by atoms with Crippen LogP contribution in [-0.4, -0.2) is 38.3 Å². The number of aromatic nitrogens is 3. The zero-order valence-corrected chi connectivity index (χ0v) is 16.3. The summed E-state index contributed by atoms with van der Waals surface area (Å²) >= 11 is 0. The number of aryl methyl sites for hydroxylation is 1. The molecule has 1 fully saturated rings. The van der Waals surface area contributed by atoms with Crippen molar-refractivity contribution in [3.63, 3.8) is 0 Å². The number of para-hydroxylation sites is 2. The molecule has 3 N–H and O–H groups in total. The van der Waals surface area contributed by atoms with Gasteiger partial charge in [-0.2, -0.15) is 0 Å². The Kier molecular flexibility index (Phi) is 3.76. The van der Waals surface area contributed by atoms with Crippen LogP contribution < -0.4 is 15.4 Å². The highest BCUT2D eigenvalue weighted by Crippen LogP contribution is 2.35. The third kappa shape index (κ3) is 2.45. The Balaban J connectivity index is 1.69. The number of benzene rings is 2. The van der Waals surface area contributed by atoms with Gasteiger partial charge in [0.15, 0.2) is 11.4 Å². The number of amides is 3. The second kappa shape index (κ2) is 6.24. The molecule has 152 valence electrons. The highest BCUT2D eigenvalue weighted by molar-refractivity contribution is 6.07. The lowest BCUT2D eigenvalue weighted by atomic mass is 9.98. The van der Waals surface area contributed by atoms with Gasteiger partial charge in [-0.3, -0.25) is 10.1 Å². The number of hydrogen-bond donors (Lipinski definition) is 3. The van der Waals surface area contributed by atoms with E-state index in [2.05, 4.69) is 15.6 Å². The molecule has 0 spiro atoms. The zero-order valence-electron chi connectivity index (χ0n) is 16.3. The SMILES string of the molecule is COc1ccc2cn(CC3(c4nc5ccccc5n4C)NC(=O)NC3=O)c(O)c2c1. The summed E-state index contributed by atoms with van der Waals surface area (Å²) < 4.78 is 8.55. The Morgan fingerprint density at radius 2 is 2.00 bits per heavy atom. The summed E-state index contributed by atoms with van der Waals surface area (Å²) in [7, 11) is 3.34. The second-order valence-electron chi connectivity index (χ2n) is 7.33. The summed E-state index contributed by atoms with van der Waals surface area (Å²) in [4.78, 5) is 29.8. The van der Waals surface area contributed by atoms with E-state index >= 15 is 0 Å². The smallest absolute Gasteiger partial charge is 0.322 e. The molecule has 2 aromatic heterocycles. The van der Waals surface area contributed by atoms with Gasteiger partial charge in [-0.25, -0.2) is 9.78 Å². The number of hydrogen-bond acceptors (Lipinski definition) is 5. The van der Waals surface area contributed by atoms with Crippen molar-refractivity contribution in [2.45, 2.75) is 12.1 Å². The number of imidazole rings is 1. The van der Waals surface area contributed by atoms with Crippen molar-refractivity contribution in [3.05, 3.63) is 54.5 Å². The van der Waals surface area contributed by atoms with Crippen LogP contribution in [0.4, 0.5) is 4.79 Å². The summed E-state index contributed by atoms with van der Waals surface area (Å²) in [6, 6.07) is 12.2. The predicted octanol–water partition coefficient (Wildman–Crippen LogP) is 1.98. The molecule has 5 rings (SSSR count).